The van der Waals surface area contributed by atoms with E-state index in [-0.39, 0.29) is 11.5 Å². The van der Waals surface area contributed by atoms with E-state index in [9.17, 15) is 4.79 Å². The molecule has 3 heteroatoms. The van der Waals surface area contributed by atoms with Crippen molar-refractivity contribution in [2.24, 2.45) is 5.41 Å². The van der Waals surface area contributed by atoms with Gasteiger partial charge >= 0.3 is 0 Å². The normalized spacial score (nSPS) is 31.1. The zero-order valence-electron chi connectivity index (χ0n) is 10.8. The first-order chi connectivity index (χ1) is 7.50. The largest absolute Gasteiger partial charge is 0.338 e. The average molecular weight is 224 g/mol. The van der Waals surface area contributed by atoms with Gasteiger partial charge in [0.15, 0.2) is 0 Å². The topological polar surface area (TPSA) is 32.3 Å². The quantitative estimate of drug-likeness (QED) is 0.736. The summed E-state index contributed by atoms with van der Waals surface area (Å²) in [4.78, 5) is 14.5. The molecule has 16 heavy (non-hydrogen) atoms. The third kappa shape index (κ3) is 2.24. The van der Waals surface area contributed by atoms with E-state index in [0.29, 0.717) is 11.9 Å². The second kappa shape index (κ2) is 4.36. The van der Waals surface area contributed by atoms with Crippen molar-refractivity contribution in [2.45, 2.75) is 58.5 Å². The van der Waals surface area contributed by atoms with E-state index in [1.54, 1.807) is 0 Å². The van der Waals surface area contributed by atoms with E-state index >= 15 is 0 Å². The highest BCUT2D eigenvalue weighted by Crippen LogP contribution is 2.33. The maximum Gasteiger partial charge on any atom is 0.239 e. The van der Waals surface area contributed by atoms with Crippen LogP contribution in [0.4, 0.5) is 0 Å². The molecule has 0 aliphatic carbocycles. The summed E-state index contributed by atoms with van der Waals surface area (Å²) in [5.74, 6) is 0.343. The van der Waals surface area contributed by atoms with Crippen LogP contribution in [0, 0.1) is 5.41 Å². The Hall–Kier alpha value is -0.570. The first-order valence-corrected chi connectivity index (χ1v) is 6.54. The second-order valence-corrected chi connectivity index (χ2v) is 6.20. The van der Waals surface area contributed by atoms with Crippen molar-refractivity contribution in [2.75, 3.05) is 13.1 Å². The fraction of sp³-hybridized carbons (Fsp3) is 0.923. The lowest BCUT2D eigenvalue weighted by molar-refractivity contribution is -0.135. The molecule has 0 spiro atoms. The SMILES string of the molecule is CC(C)(C)[C@H]1CCCN1C(=O)C1CCCN1. The summed E-state index contributed by atoms with van der Waals surface area (Å²) in [5, 5.41) is 3.31. The molecule has 0 aromatic carbocycles. The van der Waals surface area contributed by atoms with Crippen molar-refractivity contribution in [1.29, 1.82) is 0 Å². The van der Waals surface area contributed by atoms with Crippen LogP contribution in [-0.2, 0) is 4.79 Å². The summed E-state index contributed by atoms with van der Waals surface area (Å²) < 4.78 is 0. The van der Waals surface area contributed by atoms with Crippen LogP contribution in [0.25, 0.3) is 0 Å². The van der Waals surface area contributed by atoms with Crippen LogP contribution in [0.15, 0.2) is 0 Å². The lowest BCUT2D eigenvalue weighted by atomic mass is 9.85. The molecule has 2 saturated heterocycles. The summed E-state index contributed by atoms with van der Waals surface area (Å²) >= 11 is 0. The first-order valence-electron chi connectivity index (χ1n) is 6.54. The average Bonchev–Trinajstić information content (AvgIpc) is 2.87. The van der Waals surface area contributed by atoms with Gasteiger partial charge in [0, 0.05) is 12.6 Å². The number of amides is 1. The van der Waals surface area contributed by atoms with E-state index in [4.69, 9.17) is 0 Å². The fourth-order valence-electron chi connectivity index (χ4n) is 3.03. The van der Waals surface area contributed by atoms with E-state index in [1.807, 2.05) is 0 Å². The molecule has 1 unspecified atom stereocenters. The van der Waals surface area contributed by atoms with Gasteiger partial charge in [-0.05, 0) is 37.6 Å². The smallest absolute Gasteiger partial charge is 0.239 e. The van der Waals surface area contributed by atoms with Crippen LogP contribution in [0.5, 0.6) is 0 Å². The van der Waals surface area contributed by atoms with Crippen molar-refractivity contribution in [3.05, 3.63) is 0 Å². The molecule has 92 valence electrons. The van der Waals surface area contributed by atoms with Gasteiger partial charge in [-0.25, -0.2) is 0 Å². The van der Waals surface area contributed by atoms with Crippen molar-refractivity contribution < 1.29 is 4.79 Å². The summed E-state index contributed by atoms with van der Waals surface area (Å²) in [6, 6.07) is 0.533. The van der Waals surface area contributed by atoms with Gasteiger partial charge in [0.25, 0.3) is 0 Å². The summed E-state index contributed by atoms with van der Waals surface area (Å²) in [6.45, 7) is 8.69. The zero-order chi connectivity index (χ0) is 11.8. The van der Waals surface area contributed by atoms with Gasteiger partial charge in [0.2, 0.25) is 5.91 Å². The molecule has 2 rings (SSSR count). The van der Waals surface area contributed by atoms with Crippen LogP contribution in [0.3, 0.4) is 0 Å². The maximum atomic E-state index is 12.4. The number of likely N-dealkylation sites (tertiary alicyclic amines) is 1. The number of carbonyl (C=O) groups is 1. The van der Waals surface area contributed by atoms with Gasteiger partial charge in [-0.3, -0.25) is 4.79 Å². The van der Waals surface area contributed by atoms with Crippen LogP contribution in [-0.4, -0.2) is 36.0 Å². The minimum absolute atomic E-state index is 0.1000. The molecule has 0 aromatic heterocycles. The number of nitrogens with one attached hydrogen (secondary N) is 1. The molecule has 2 heterocycles. The Morgan fingerprint density at radius 1 is 1.25 bits per heavy atom. The van der Waals surface area contributed by atoms with Crippen molar-refractivity contribution in [1.82, 2.24) is 10.2 Å². The summed E-state index contributed by atoms with van der Waals surface area (Å²) in [7, 11) is 0. The summed E-state index contributed by atoms with van der Waals surface area (Å²) in [6.07, 6.45) is 4.50. The van der Waals surface area contributed by atoms with Gasteiger partial charge in [0.1, 0.15) is 0 Å². The predicted octanol–water partition coefficient (Wildman–Crippen LogP) is 1.78. The van der Waals surface area contributed by atoms with E-state index < -0.39 is 0 Å². The molecule has 0 saturated carbocycles. The highest BCUT2D eigenvalue weighted by atomic mass is 16.2. The molecular weight excluding hydrogens is 200 g/mol. The van der Waals surface area contributed by atoms with Gasteiger partial charge in [-0.1, -0.05) is 20.8 Å². The maximum absolute atomic E-state index is 12.4. The lowest BCUT2D eigenvalue weighted by Gasteiger charge is -2.36. The van der Waals surface area contributed by atoms with E-state index in [2.05, 4.69) is 31.0 Å². The Morgan fingerprint density at radius 3 is 2.56 bits per heavy atom. The highest BCUT2D eigenvalue weighted by molar-refractivity contribution is 5.82. The molecule has 1 amide bonds. The predicted molar refractivity (Wildman–Crippen MR) is 65.2 cm³/mol. The van der Waals surface area contributed by atoms with Gasteiger partial charge in [0.05, 0.1) is 6.04 Å². The lowest BCUT2D eigenvalue weighted by Crippen LogP contribution is -2.49. The minimum atomic E-state index is 0.1000. The third-order valence-electron chi connectivity index (χ3n) is 3.89. The van der Waals surface area contributed by atoms with Gasteiger partial charge < -0.3 is 10.2 Å². The molecule has 0 bridgehead atoms. The number of nitrogens with zero attached hydrogens (tertiary/aromatic N) is 1. The van der Waals surface area contributed by atoms with Crippen LogP contribution in [0.1, 0.15) is 46.5 Å². The van der Waals surface area contributed by atoms with Crippen molar-refractivity contribution in [3.8, 4) is 0 Å². The van der Waals surface area contributed by atoms with Crippen molar-refractivity contribution >= 4 is 5.91 Å². The molecule has 0 aromatic rings. The van der Waals surface area contributed by atoms with Crippen LogP contribution >= 0.6 is 0 Å². The highest BCUT2D eigenvalue weighted by Gasteiger charge is 2.39. The van der Waals surface area contributed by atoms with Gasteiger partial charge in [-0.2, -0.15) is 0 Å². The standard InChI is InChI=1S/C13H24N2O/c1-13(2,3)11-7-5-9-15(11)12(16)10-6-4-8-14-10/h10-11,14H,4-9H2,1-3H3/t10?,11-/m1/s1. The molecule has 2 fully saturated rings. The number of carbonyl (C=O) groups excluding carboxylic acids is 1. The van der Waals surface area contributed by atoms with Crippen molar-refractivity contribution in [3.63, 3.8) is 0 Å². The Morgan fingerprint density at radius 2 is 2.00 bits per heavy atom. The third-order valence-corrected chi connectivity index (χ3v) is 3.89. The molecular formula is C13H24N2O. The van der Waals surface area contributed by atoms with Crippen LogP contribution in [0.2, 0.25) is 0 Å². The first kappa shape index (κ1) is 11.9. The van der Waals surface area contributed by atoms with E-state index in [0.717, 1.165) is 25.9 Å². The summed E-state index contributed by atoms with van der Waals surface area (Å²) in [5.41, 5.74) is 0.213. The molecule has 1 N–H and O–H groups in total. The zero-order valence-corrected chi connectivity index (χ0v) is 10.8. The molecule has 2 atom stereocenters. The number of rotatable bonds is 1. The molecule has 3 nitrogen and oxygen atoms in total. The fourth-order valence-corrected chi connectivity index (χ4v) is 3.03. The Bertz CT molecular complexity index is 264. The Kier molecular flexibility index (Phi) is 3.24. The molecule has 2 aliphatic rings. The minimum Gasteiger partial charge on any atom is -0.338 e. The van der Waals surface area contributed by atoms with E-state index in [1.165, 1.54) is 12.8 Å². The van der Waals surface area contributed by atoms with Gasteiger partial charge in [-0.15, -0.1) is 0 Å². The molecule has 0 radical (unpaired) electrons. The van der Waals surface area contributed by atoms with Crippen LogP contribution < -0.4 is 5.32 Å². The number of hydrogen-bond donors (Lipinski definition) is 1. The number of hydrogen-bond acceptors (Lipinski definition) is 2. The Balaban J connectivity index is 2.04. The second-order valence-electron chi connectivity index (χ2n) is 6.20. The monoisotopic (exact) mass is 224 g/mol. The molecule has 2 aliphatic heterocycles. The Labute approximate surface area is 98.6 Å².